The fourth-order valence-electron chi connectivity index (χ4n) is 10.1. The third-order valence-electron chi connectivity index (χ3n) is 14.4. The predicted molar refractivity (Wildman–Crippen MR) is 332 cm³/mol. The van der Waals surface area contributed by atoms with Crippen LogP contribution in [0.4, 0.5) is 0 Å². The van der Waals surface area contributed by atoms with Crippen molar-refractivity contribution in [1.29, 1.82) is 0 Å². The van der Waals surface area contributed by atoms with Crippen LogP contribution in [0.25, 0.3) is 64.1 Å². The highest BCUT2D eigenvalue weighted by molar-refractivity contribution is 9.10. The number of nitrogens with zero attached hydrogens (tertiary/aromatic N) is 4. The Morgan fingerprint density at radius 2 is 0.875 bits per heavy atom. The van der Waals surface area contributed by atoms with Crippen LogP contribution >= 0.6 is 38.6 Å². The van der Waals surface area contributed by atoms with Crippen molar-refractivity contribution in [3.05, 3.63) is 222 Å². The van der Waals surface area contributed by atoms with Gasteiger partial charge in [0, 0.05) is 34.5 Å². The average molecular weight is 1140 g/mol. The number of thiazole rings is 2. The maximum atomic E-state index is 6.63. The first kappa shape index (κ1) is 51.0. The second-order valence-corrected chi connectivity index (χ2v) is 24.8. The summed E-state index contributed by atoms with van der Waals surface area (Å²) in [7, 11) is 0. The Morgan fingerprint density at radius 3 is 1.38 bits per heavy atom. The van der Waals surface area contributed by atoms with E-state index in [1.165, 1.54) is 15.0 Å². The van der Waals surface area contributed by atoms with Gasteiger partial charge in [-0.3, -0.25) is 9.97 Å². The molecule has 6 heterocycles. The Hall–Kier alpha value is -8.42. The summed E-state index contributed by atoms with van der Waals surface area (Å²) in [5.41, 5.74) is 13.6. The molecule has 2 aliphatic heterocycles. The van der Waals surface area contributed by atoms with Crippen LogP contribution in [0.1, 0.15) is 52.7 Å². The average Bonchev–Trinajstić information content (AvgIpc) is 4.21. The first-order chi connectivity index (χ1) is 38.8. The van der Waals surface area contributed by atoms with E-state index >= 15 is 0 Å². The monoisotopic (exact) mass is 1140 g/mol. The fourth-order valence-corrected chi connectivity index (χ4v) is 12.4. The van der Waals surface area contributed by atoms with Gasteiger partial charge in [0.25, 0.3) is 6.71 Å². The van der Waals surface area contributed by atoms with Gasteiger partial charge in [-0.15, -0.1) is 22.7 Å². The van der Waals surface area contributed by atoms with Crippen molar-refractivity contribution in [3.63, 3.8) is 0 Å². The summed E-state index contributed by atoms with van der Waals surface area (Å²) in [6.07, 6.45) is 3.63. The van der Waals surface area contributed by atoms with Crippen LogP contribution in [0.3, 0.4) is 0 Å². The molecule has 0 radical (unpaired) electrons. The molecule has 12 aromatic rings. The van der Waals surface area contributed by atoms with Crippen molar-refractivity contribution in [3.8, 4) is 89.7 Å². The summed E-state index contributed by atoms with van der Waals surface area (Å²) < 4.78 is 29.1. The van der Waals surface area contributed by atoms with Crippen LogP contribution in [0.15, 0.2) is 211 Å². The number of pyridine rings is 2. The molecule has 0 amide bonds. The highest BCUT2D eigenvalue weighted by Gasteiger charge is 2.41. The minimum Gasteiger partial charge on any atom is -0.458 e. The number of benzene rings is 8. The molecule has 12 heteroatoms. The van der Waals surface area contributed by atoms with E-state index in [4.69, 9.17) is 28.9 Å². The van der Waals surface area contributed by atoms with E-state index in [0.717, 1.165) is 116 Å². The predicted octanol–water partition coefficient (Wildman–Crippen LogP) is 17.7. The van der Waals surface area contributed by atoms with Crippen LogP contribution in [0, 0.1) is 0 Å². The Morgan fingerprint density at radius 1 is 0.438 bits per heavy atom. The van der Waals surface area contributed by atoms with Gasteiger partial charge < -0.3 is 18.9 Å². The first-order valence-electron chi connectivity index (χ1n) is 26.5. The lowest BCUT2D eigenvalue weighted by molar-refractivity contribution is 0.449. The molecule has 390 valence electrons. The van der Waals surface area contributed by atoms with Gasteiger partial charge in [0.15, 0.2) is 0 Å². The lowest BCUT2D eigenvalue weighted by atomic mass is 9.34. The molecule has 0 unspecified atom stereocenters. The van der Waals surface area contributed by atoms with E-state index in [1.807, 2.05) is 103 Å². The second kappa shape index (κ2) is 20.7. The van der Waals surface area contributed by atoms with Crippen LogP contribution in [0.2, 0.25) is 0 Å². The molecule has 0 bridgehead atoms. The summed E-state index contributed by atoms with van der Waals surface area (Å²) in [6.45, 7) is 13.2. The van der Waals surface area contributed by atoms with Gasteiger partial charge in [0.2, 0.25) is 0 Å². The number of ether oxygens (including phenoxy) is 4. The zero-order valence-electron chi connectivity index (χ0n) is 44.8. The smallest absolute Gasteiger partial charge is 0.260 e. The Labute approximate surface area is 482 Å². The van der Waals surface area contributed by atoms with E-state index < -0.39 is 0 Å². The van der Waals surface area contributed by atoms with Crippen LogP contribution in [-0.2, 0) is 10.8 Å². The zero-order chi connectivity index (χ0) is 54.7. The Balaban J connectivity index is 0.000000151. The lowest BCUT2D eigenvalue weighted by Crippen LogP contribution is -2.57. The molecule has 0 saturated heterocycles. The summed E-state index contributed by atoms with van der Waals surface area (Å²) in [4.78, 5) is 18.8. The summed E-state index contributed by atoms with van der Waals surface area (Å²) in [5, 5.41) is 2.00. The largest absolute Gasteiger partial charge is 0.458 e. The maximum absolute atomic E-state index is 6.63. The van der Waals surface area contributed by atoms with Crippen molar-refractivity contribution in [2.75, 3.05) is 0 Å². The molecular weight excluding hydrogens is 1090 g/mol. The van der Waals surface area contributed by atoms with E-state index in [-0.39, 0.29) is 17.5 Å². The Bertz CT molecular complexity index is 4190. The van der Waals surface area contributed by atoms with Gasteiger partial charge in [-0.2, -0.15) is 0 Å². The van der Waals surface area contributed by atoms with E-state index in [1.54, 1.807) is 28.9 Å². The SMILES string of the molecule is CC(C)(C)c1cc(Oc2ccc(-c3ccccn3)cc2)c(Br)c(Oc2ccc(-c3nc4ccccc4s3)cc2)c1.CC(C)(C)c1cc2c3c(c1)Oc1ccc(-c4nc5ccccc5s4)cc1B3c1cc(-c3ccccn3)ccc1O2. The van der Waals surface area contributed by atoms with Gasteiger partial charge >= 0.3 is 0 Å². The molecule has 8 aromatic carbocycles. The highest BCUT2D eigenvalue weighted by Crippen LogP contribution is 2.45. The second-order valence-electron chi connectivity index (χ2n) is 22.0. The molecule has 8 nitrogen and oxygen atoms in total. The van der Waals surface area contributed by atoms with Crippen molar-refractivity contribution in [1.82, 2.24) is 19.9 Å². The molecular formula is C68H52BBrN4O4S2. The molecule has 0 N–H and O–H groups in total. The Kier molecular flexibility index (Phi) is 13.2. The molecule has 2 aliphatic rings. The number of halogens is 1. The minimum atomic E-state index is -0.101. The fraction of sp³-hybridized carbons (Fsp3) is 0.118. The molecule has 80 heavy (non-hydrogen) atoms. The summed E-state index contributed by atoms with van der Waals surface area (Å²) in [5.74, 6) is 6.32. The molecule has 0 saturated carbocycles. The van der Waals surface area contributed by atoms with Crippen molar-refractivity contribution in [2.24, 2.45) is 0 Å². The molecule has 4 aromatic heterocycles. The molecule has 0 aliphatic carbocycles. The number of rotatable bonds is 8. The van der Waals surface area contributed by atoms with Gasteiger partial charge in [-0.25, -0.2) is 9.97 Å². The topological polar surface area (TPSA) is 88.5 Å². The number of aromatic nitrogens is 4. The van der Waals surface area contributed by atoms with Crippen molar-refractivity contribution >= 4 is 82.1 Å². The van der Waals surface area contributed by atoms with Gasteiger partial charge in [0.05, 0.1) is 31.8 Å². The maximum Gasteiger partial charge on any atom is 0.260 e. The van der Waals surface area contributed by atoms with E-state index in [2.05, 4.69) is 165 Å². The van der Waals surface area contributed by atoms with Crippen LogP contribution < -0.4 is 35.3 Å². The first-order valence-corrected chi connectivity index (χ1v) is 28.9. The molecule has 14 rings (SSSR count). The van der Waals surface area contributed by atoms with Gasteiger partial charge in [0.1, 0.15) is 60.5 Å². The summed E-state index contributed by atoms with van der Waals surface area (Å²) in [6, 6.07) is 65.8. The van der Waals surface area contributed by atoms with Gasteiger partial charge in [-0.05, 0) is 200 Å². The van der Waals surface area contributed by atoms with Crippen molar-refractivity contribution in [2.45, 2.75) is 52.4 Å². The molecule has 0 fully saturated rings. The number of fused-ring (bicyclic) bond motifs is 6. The van der Waals surface area contributed by atoms with E-state index in [0.29, 0.717) is 11.5 Å². The third kappa shape index (κ3) is 10.1. The quantitative estimate of drug-likeness (QED) is 0.139. The zero-order valence-corrected chi connectivity index (χ0v) is 48.0. The van der Waals surface area contributed by atoms with Gasteiger partial charge in [-0.1, -0.05) is 90.1 Å². The van der Waals surface area contributed by atoms with E-state index in [9.17, 15) is 0 Å². The number of para-hydroxylation sites is 2. The number of hydrogen-bond acceptors (Lipinski definition) is 10. The minimum absolute atomic E-state index is 0.0375. The van der Waals surface area contributed by atoms with Crippen LogP contribution in [-0.4, -0.2) is 26.6 Å². The lowest BCUT2D eigenvalue weighted by Gasteiger charge is -2.35. The number of hydrogen-bond donors (Lipinski definition) is 0. The molecule has 0 atom stereocenters. The third-order valence-corrected chi connectivity index (χ3v) is 17.3. The highest BCUT2D eigenvalue weighted by atomic mass is 79.9. The van der Waals surface area contributed by atoms with Crippen molar-refractivity contribution < 1.29 is 18.9 Å². The summed E-state index contributed by atoms with van der Waals surface area (Å²) >= 11 is 7.16. The van der Waals surface area contributed by atoms with Crippen LogP contribution in [0.5, 0.6) is 46.0 Å². The normalized spacial score (nSPS) is 12.4. The molecule has 0 spiro atoms. The standard InChI is InChI=1S/C34H25BN2O2S.C34H27BrN2O2S/c1-34(2,3)22-18-29-32-30(19-22)39-28-14-12-21(33-37-26-9-4-5-10-31(26)40-33)17-24(28)35(32)23-16-20(11-13-27(23)38-29)25-8-6-7-15-36-25;1-34(2,3)24-20-29(38-25-15-11-22(12-16-25)27-8-6-7-19-36-27)32(35)30(21-24)39-26-17-13-23(14-18-26)33-37-28-9-4-5-10-31(28)40-33/h4-19H,1-3H3;4-21H,1-3H3.